The Hall–Kier alpha value is -2.27. The molecule has 0 N–H and O–H groups in total. The summed E-state index contributed by atoms with van der Waals surface area (Å²) in [5.74, 6) is -0.0217. The van der Waals surface area contributed by atoms with Crippen LogP contribution in [0.4, 0.5) is 4.39 Å². The van der Waals surface area contributed by atoms with Gasteiger partial charge in [-0.1, -0.05) is 31.0 Å². The summed E-state index contributed by atoms with van der Waals surface area (Å²) < 4.78 is 13.4. The SMILES string of the molecule is O=C(N1CCN(Cc2ccccn2)CC1)C1(c2ccc(F)cc2)CCCC1. The maximum atomic E-state index is 13.5. The number of benzene rings is 1. The first kappa shape index (κ1) is 18.1. The monoisotopic (exact) mass is 367 g/mol. The highest BCUT2D eigenvalue weighted by atomic mass is 19.1. The van der Waals surface area contributed by atoms with E-state index in [0.29, 0.717) is 0 Å². The van der Waals surface area contributed by atoms with Crippen molar-refractivity contribution in [3.63, 3.8) is 0 Å². The predicted molar refractivity (Wildman–Crippen MR) is 103 cm³/mol. The van der Waals surface area contributed by atoms with Crippen molar-refractivity contribution in [1.29, 1.82) is 0 Å². The quantitative estimate of drug-likeness (QED) is 0.831. The third-order valence-corrected chi connectivity index (χ3v) is 6.03. The number of piperazine rings is 1. The summed E-state index contributed by atoms with van der Waals surface area (Å²) in [5.41, 5.74) is 1.58. The number of rotatable bonds is 4. The van der Waals surface area contributed by atoms with Crippen LogP contribution < -0.4 is 0 Å². The lowest BCUT2D eigenvalue weighted by atomic mass is 9.77. The Morgan fingerprint density at radius 2 is 1.70 bits per heavy atom. The maximum absolute atomic E-state index is 13.5. The number of nitrogens with zero attached hydrogens (tertiary/aromatic N) is 3. The molecule has 1 saturated heterocycles. The Kier molecular flexibility index (Phi) is 5.21. The van der Waals surface area contributed by atoms with Gasteiger partial charge >= 0.3 is 0 Å². The van der Waals surface area contributed by atoms with E-state index in [4.69, 9.17) is 0 Å². The minimum Gasteiger partial charge on any atom is -0.339 e. The van der Waals surface area contributed by atoms with E-state index in [-0.39, 0.29) is 11.7 Å². The molecule has 142 valence electrons. The summed E-state index contributed by atoms with van der Waals surface area (Å²) in [6, 6.07) is 12.5. The molecule has 0 bridgehead atoms. The van der Waals surface area contributed by atoms with Gasteiger partial charge in [-0.25, -0.2) is 4.39 Å². The van der Waals surface area contributed by atoms with Crippen molar-refractivity contribution in [2.45, 2.75) is 37.6 Å². The van der Waals surface area contributed by atoms with E-state index in [9.17, 15) is 9.18 Å². The molecule has 4 rings (SSSR count). The first-order valence-electron chi connectivity index (χ1n) is 9.85. The van der Waals surface area contributed by atoms with E-state index in [1.807, 2.05) is 29.3 Å². The topological polar surface area (TPSA) is 36.4 Å². The second-order valence-electron chi connectivity index (χ2n) is 7.69. The standard InChI is InChI=1S/C22H26FN3O/c23-19-8-6-18(7-9-19)22(10-2-3-11-22)21(27)26-15-13-25(14-16-26)17-20-5-1-4-12-24-20/h1,4-9,12H,2-3,10-11,13-17H2. The Morgan fingerprint density at radius 1 is 1.00 bits per heavy atom. The largest absolute Gasteiger partial charge is 0.339 e. The molecule has 0 atom stereocenters. The average Bonchev–Trinajstić information content (AvgIpc) is 3.20. The summed E-state index contributed by atoms with van der Waals surface area (Å²) >= 11 is 0. The number of hydrogen-bond donors (Lipinski definition) is 0. The van der Waals surface area contributed by atoms with Crippen LogP contribution in [0, 0.1) is 5.82 Å². The third kappa shape index (κ3) is 3.74. The first-order chi connectivity index (χ1) is 13.2. The Labute approximate surface area is 160 Å². The molecule has 1 aromatic carbocycles. The number of aromatic nitrogens is 1. The second kappa shape index (κ2) is 7.77. The molecule has 1 saturated carbocycles. The number of hydrogen-bond acceptors (Lipinski definition) is 3. The van der Waals surface area contributed by atoms with Gasteiger partial charge in [-0.05, 0) is 42.7 Å². The van der Waals surface area contributed by atoms with Gasteiger partial charge in [-0.2, -0.15) is 0 Å². The van der Waals surface area contributed by atoms with E-state index < -0.39 is 5.41 Å². The lowest BCUT2D eigenvalue weighted by Crippen LogP contribution is -2.53. The highest BCUT2D eigenvalue weighted by molar-refractivity contribution is 5.88. The van der Waals surface area contributed by atoms with Gasteiger partial charge in [0, 0.05) is 38.9 Å². The Bertz CT molecular complexity index is 764. The molecule has 1 aliphatic heterocycles. The van der Waals surface area contributed by atoms with E-state index in [1.165, 1.54) is 12.1 Å². The second-order valence-corrected chi connectivity index (χ2v) is 7.69. The van der Waals surface area contributed by atoms with Crippen molar-refractivity contribution >= 4 is 5.91 Å². The van der Waals surface area contributed by atoms with Crippen LogP contribution >= 0.6 is 0 Å². The van der Waals surface area contributed by atoms with Crippen LogP contribution in [0.15, 0.2) is 48.7 Å². The molecule has 1 aromatic heterocycles. The molecule has 2 aromatic rings. The average molecular weight is 367 g/mol. The summed E-state index contributed by atoms with van der Waals surface area (Å²) in [5, 5.41) is 0. The fraction of sp³-hybridized carbons (Fsp3) is 0.455. The van der Waals surface area contributed by atoms with Crippen LogP contribution in [0.2, 0.25) is 0 Å². The molecule has 2 heterocycles. The molecule has 2 fully saturated rings. The van der Waals surface area contributed by atoms with Crippen LogP contribution in [0.1, 0.15) is 36.9 Å². The smallest absolute Gasteiger partial charge is 0.233 e. The van der Waals surface area contributed by atoms with Gasteiger partial charge in [0.15, 0.2) is 0 Å². The predicted octanol–water partition coefficient (Wildman–Crippen LogP) is 3.38. The molecular formula is C22H26FN3O. The van der Waals surface area contributed by atoms with E-state index >= 15 is 0 Å². The zero-order valence-corrected chi connectivity index (χ0v) is 15.6. The highest BCUT2D eigenvalue weighted by Gasteiger charge is 2.45. The van der Waals surface area contributed by atoms with Gasteiger partial charge in [0.05, 0.1) is 11.1 Å². The Morgan fingerprint density at radius 3 is 2.33 bits per heavy atom. The molecule has 27 heavy (non-hydrogen) atoms. The summed E-state index contributed by atoms with van der Waals surface area (Å²) in [6.07, 6.45) is 5.67. The van der Waals surface area contributed by atoms with Gasteiger partial charge in [0.2, 0.25) is 5.91 Å². The molecule has 5 heteroatoms. The maximum Gasteiger partial charge on any atom is 0.233 e. The van der Waals surface area contributed by atoms with Gasteiger partial charge in [0.25, 0.3) is 0 Å². The zero-order valence-electron chi connectivity index (χ0n) is 15.6. The molecular weight excluding hydrogens is 341 g/mol. The first-order valence-corrected chi connectivity index (χ1v) is 9.85. The molecule has 1 amide bonds. The van der Waals surface area contributed by atoms with Crippen molar-refractivity contribution in [3.8, 4) is 0 Å². The molecule has 0 unspecified atom stereocenters. The van der Waals surface area contributed by atoms with Crippen molar-refractivity contribution in [1.82, 2.24) is 14.8 Å². The minimum atomic E-state index is -0.461. The van der Waals surface area contributed by atoms with E-state index in [0.717, 1.165) is 69.7 Å². The van der Waals surface area contributed by atoms with Crippen LogP contribution in [0.5, 0.6) is 0 Å². The summed E-state index contributed by atoms with van der Waals surface area (Å²) in [6.45, 7) is 4.04. The minimum absolute atomic E-state index is 0.226. The molecule has 2 aliphatic rings. The van der Waals surface area contributed by atoms with Crippen LogP contribution in [-0.2, 0) is 16.8 Å². The zero-order chi connectivity index (χ0) is 18.7. The highest BCUT2D eigenvalue weighted by Crippen LogP contribution is 2.42. The van der Waals surface area contributed by atoms with Gasteiger partial charge in [0.1, 0.15) is 5.82 Å². The number of carbonyl (C=O) groups excluding carboxylic acids is 1. The van der Waals surface area contributed by atoms with Crippen LogP contribution in [-0.4, -0.2) is 46.9 Å². The third-order valence-electron chi connectivity index (χ3n) is 6.03. The molecule has 1 aliphatic carbocycles. The normalized spacial score (nSPS) is 20.0. The van der Waals surface area contributed by atoms with Crippen LogP contribution in [0.3, 0.4) is 0 Å². The molecule has 0 spiro atoms. The Balaban J connectivity index is 1.43. The van der Waals surface area contributed by atoms with Crippen molar-refractivity contribution in [2.24, 2.45) is 0 Å². The van der Waals surface area contributed by atoms with Crippen LogP contribution in [0.25, 0.3) is 0 Å². The molecule has 4 nitrogen and oxygen atoms in total. The number of halogens is 1. The number of carbonyl (C=O) groups is 1. The van der Waals surface area contributed by atoms with Gasteiger partial charge < -0.3 is 4.90 Å². The van der Waals surface area contributed by atoms with E-state index in [2.05, 4.69) is 9.88 Å². The van der Waals surface area contributed by atoms with Gasteiger partial charge in [-0.15, -0.1) is 0 Å². The lowest BCUT2D eigenvalue weighted by molar-refractivity contribution is -0.139. The fourth-order valence-corrected chi connectivity index (χ4v) is 4.51. The van der Waals surface area contributed by atoms with Crippen molar-refractivity contribution in [2.75, 3.05) is 26.2 Å². The van der Waals surface area contributed by atoms with E-state index in [1.54, 1.807) is 12.1 Å². The fourth-order valence-electron chi connectivity index (χ4n) is 4.51. The van der Waals surface area contributed by atoms with Crippen molar-refractivity contribution in [3.05, 3.63) is 65.7 Å². The molecule has 0 radical (unpaired) electrons. The van der Waals surface area contributed by atoms with Crippen molar-refractivity contribution < 1.29 is 9.18 Å². The summed E-state index contributed by atoms with van der Waals surface area (Å²) in [7, 11) is 0. The number of pyridine rings is 1. The lowest BCUT2D eigenvalue weighted by Gasteiger charge is -2.40. The number of amides is 1. The summed E-state index contributed by atoms with van der Waals surface area (Å²) in [4.78, 5) is 22.2. The van der Waals surface area contributed by atoms with Gasteiger partial charge in [-0.3, -0.25) is 14.7 Å².